The normalized spacial score (nSPS) is 11.1. The molecule has 0 heterocycles. The van der Waals surface area contributed by atoms with Gasteiger partial charge in [-0.1, -0.05) is 0 Å². The molecule has 3 N–H and O–H groups in total. The van der Waals surface area contributed by atoms with Crippen molar-refractivity contribution in [2.75, 3.05) is 10.0 Å². The third-order valence-electron chi connectivity index (χ3n) is 2.76. The van der Waals surface area contributed by atoms with Crippen molar-refractivity contribution in [1.29, 1.82) is 0 Å². The highest BCUT2D eigenvalue weighted by Gasteiger charge is 2.17. The number of aromatic hydroxyl groups is 1. The number of carbonyl (C=O) groups excluding carboxylic acids is 1. The van der Waals surface area contributed by atoms with Crippen molar-refractivity contribution in [3.8, 4) is 5.75 Å². The number of sulfonamides is 1. The molecule has 122 valence electrons. The van der Waals surface area contributed by atoms with Gasteiger partial charge in [-0.25, -0.2) is 17.2 Å². The summed E-state index contributed by atoms with van der Waals surface area (Å²) in [4.78, 5) is 10.5. The lowest BCUT2D eigenvalue weighted by atomic mass is 10.2. The molecule has 0 aromatic heterocycles. The number of carbonyl (C=O) groups is 1. The summed E-state index contributed by atoms with van der Waals surface area (Å²) in [5, 5.41) is 11.9. The van der Waals surface area contributed by atoms with Gasteiger partial charge in [0, 0.05) is 6.92 Å². The maximum atomic E-state index is 13.2. The lowest BCUT2D eigenvalue weighted by Crippen LogP contribution is -2.14. The molecule has 0 aliphatic rings. The van der Waals surface area contributed by atoms with E-state index in [2.05, 4.69) is 10.0 Å². The summed E-state index contributed by atoms with van der Waals surface area (Å²) in [7, 11) is -4.16. The van der Waals surface area contributed by atoms with E-state index in [1.54, 1.807) is 0 Å². The van der Waals surface area contributed by atoms with E-state index in [4.69, 9.17) is 0 Å². The topological polar surface area (TPSA) is 95.5 Å². The molecule has 9 heteroatoms. The zero-order valence-corrected chi connectivity index (χ0v) is 12.6. The number of benzene rings is 2. The van der Waals surface area contributed by atoms with Gasteiger partial charge in [-0.3, -0.25) is 9.52 Å². The Kier molecular flexibility index (Phi) is 4.50. The van der Waals surface area contributed by atoms with Crippen molar-refractivity contribution in [1.82, 2.24) is 0 Å². The Morgan fingerprint density at radius 3 is 2.39 bits per heavy atom. The molecule has 0 bridgehead atoms. The highest BCUT2D eigenvalue weighted by molar-refractivity contribution is 7.92. The van der Waals surface area contributed by atoms with Crippen LogP contribution in [0.1, 0.15) is 6.92 Å². The molecule has 0 fully saturated rings. The molecule has 0 saturated heterocycles. The van der Waals surface area contributed by atoms with E-state index < -0.39 is 32.5 Å². The molecule has 0 atom stereocenters. The molecule has 0 radical (unpaired) electrons. The molecule has 6 nitrogen and oxygen atoms in total. The number of phenols is 1. The molecule has 2 rings (SSSR count). The van der Waals surface area contributed by atoms with Crippen LogP contribution in [0.4, 0.5) is 20.2 Å². The van der Waals surface area contributed by atoms with Crippen LogP contribution >= 0.6 is 0 Å². The summed E-state index contributed by atoms with van der Waals surface area (Å²) in [6.45, 7) is 1.22. The minimum absolute atomic E-state index is 0.00277. The van der Waals surface area contributed by atoms with Crippen LogP contribution in [0.2, 0.25) is 0 Å². The number of anilines is 2. The smallest absolute Gasteiger partial charge is 0.262 e. The molecule has 23 heavy (non-hydrogen) atoms. The Bertz CT molecular complexity index is 869. The standard InChI is InChI=1S/C14H12F2N2O4S/c1-8(19)17-13-6-9(2-5-14(13)20)18-23(21,22)10-3-4-11(15)12(16)7-10/h2-7,18,20H,1H3,(H,17,19). The zero-order valence-electron chi connectivity index (χ0n) is 11.8. The lowest BCUT2D eigenvalue weighted by Gasteiger charge is -2.11. The summed E-state index contributed by atoms with van der Waals surface area (Å²) in [5.74, 6) is -3.17. The van der Waals surface area contributed by atoms with Gasteiger partial charge in [0.05, 0.1) is 16.3 Å². The first-order valence-corrected chi connectivity index (χ1v) is 7.76. The molecule has 0 unspecified atom stereocenters. The number of nitrogens with one attached hydrogen (secondary N) is 2. The van der Waals surface area contributed by atoms with Gasteiger partial charge in [0.15, 0.2) is 11.6 Å². The number of halogens is 2. The van der Waals surface area contributed by atoms with Crippen molar-refractivity contribution in [3.63, 3.8) is 0 Å². The molecular weight excluding hydrogens is 330 g/mol. The fraction of sp³-hybridized carbons (Fsp3) is 0.0714. The van der Waals surface area contributed by atoms with Gasteiger partial charge in [-0.2, -0.15) is 0 Å². The summed E-state index contributed by atoms with van der Waals surface area (Å²) < 4.78 is 52.4. The molecule has 0 saturated carbocycles. The Hall–Kier alpha value is -2.68. The highest BCUT2D eigenvalue weighted by Crippen LogP contribution is 2.28. The van der Waals surface area contributed by atoms with Gasteiger partial charge < -0.3 is 10.4 Å². The third-order valence-corrected chi connectivity index (χ3v) is 4.14. The second-order valence-electron chi connectivity index (χ2n) is 4.59. The van der Waals surface area contributed by atoms with Crippen molar-refractivity contribution in [2.45, 2.75) is 11.8 Å². The van der Waals surface area contributed by atoms with Gasteiger partial charge in [-0.05, 0) is 36.4 Å². The maximum absolute atomic E-state index is 13.2. The lowest BCUT2D eigenvalue weighted by molar-refractivity contribution is -0.114. The van der Waals surface area contributed by atoms with E-state index in [9.17, 15) is 27.1 Å². The van der Waals surface area contributed by atoms with Crippen molar-refractivity contribution in [3.05, 3.63) is 48.0 Å². The minimum Gasteiger partial charge on any atom is -0.506 e. The predicted molar refractivity (Wildman–Crippen MR) is 79.6 cm³/mol. The van der Waals surface area contributed by atoms with Crippen LogP contribution in [0.5, 0.6) is 5.75 Å². The zero-order chi connectivity index (χ0) is 17.2. The number of hydrogen-bond donors (Lipinski definition) is 3. The van der Waals surface area contributed by atoms with Crippen LogP contribution in [0.25, 0.3) is 0 Å². The average Bonchev–Trinajstić information content (AvgIpc) is 2.44. The van der Waals surface area contributed by atoms with Gasteiger partial charge >= 0.3 is 0 Å². The fourth-order valence-corrected chi connectivity index (χ4v) is 2.81. The highest BCUT2D eigenvalue weighted by atomic mass is 32.2. The first-order chi connectivity index (χ1) is 10.7. The maximum Gasteiger partial charge on any atom is 0.262 e. The van der Waals surface area contributed by atoms with E-state index in [1.807, 2.05) is 0 Å². The molecule has 0 aliphatic heterocycles. The van der Waals surface area contributed by atoms with E-state index in [1.165, 1.54) is 25.1 Å². The second-order valence-corrected chi connectivity index (χ2v) is 6.28. The SMILES string of the molecule is CC(=O)Nc1cc(NS(=O)(=O)c2ccc(F)c(F)c2)ccc1O. The van der Waals surface area contributed by atoms with Crippen LogP contribution in [0.15, 0.2) is 41.3 Å². The number of phenolic OH excluding ortho intramolecular Hbond substituents is 1. The Morgan fingerprint density at radius 2 is 1.78 bits per heavy atom. The molecule has 0 spiro atoms. The second kappa shape index (κ2) is 6.21. The molecular formula is C14H12F2N2O4S. The van der Waals surface area contributed by atoms with Crippen molar-refractivity contribution in [2.24, 2.45) is 0 Å². The summed E-state index contributed by atoms with van der Waals surface area (Å²) in [5.41, 5.74) is 0.0271. The third kappa shape index (κ3) is 3.95. The number of hydrogen-bond acceptors (Lipinski definition) is 4. The predicted octanol–water partition coefficient (Wildman–Crippen LogP) is 2.43. The number of amides is 1. The summed E-state index contributed by atoms with van der Waals surface area (Å²) >= 11 is 0. The molecule has 2 aromatic carbocycles. The largest absolute Gasteiger partial charge is 0.506 e. The van der Waals surface area contributed by atoms with E-state index in [0.717, 1.165) is 6.07 Å². The van der Waals surface area contributed by atoms with Gasteiger partial charge in [0.1, 0.15) is 5.75 Å². The first-order valence-electron chi connectivity index (χ1n) is 6.27. The van der Waals surface area contributed by atoms with E-state index in [-0.39, 0.29) is 17.1 Å². The first kappa shape index (κ1) is 16.7. The summed E-state index contributed by atoms with van der Waals surface area (Å²) in [6.07, 6.45) is 0. The average molecular weight is 342 g/mol. The van der Waals surface area contributed by atoms with Gasteiger partial charge in [-0.15, -0.1) is 0 Å². The van der Waals surface area contributed by atoms with Crippen molar-refractivity contribution < 1.29 is 27.1 Å². The monoisotopic (exact) mass is 342 g/mol. The quantitative estimate of drug-likeness (QED) is 0.587. The minimum atomic E-state index is -4.16. The molecule has 0 aliphatic carbocycles. The van der Waals surface area contributed by atoms with Gasteiger partial charge in [0.2, 0.25) is 5.91 Å². The van der Waals surface area contributed by atoms with Crippen LogP contribution < -0.4 is 10.0 Å². The fourth-order valence-electron chi connectivity index (χ4n) is 1.75. The molecule has 2 aromatic rings. The van der Waals surface area contributed by atoms with Crippen LogP contribution in [0.3, 0.4) is 0 Å². The van der Waals surface area contributed by atoms with Crippen LogP contribution in [0, 0.1) is 11.6 Å². The number of rotatable bonds is 4. The van der Waals surface area contributed by atoms with Crippen molar-refractivity contribution >= 4 is 27.3 Å². The van der Waals surface area contributed by atoms with Gasteiger partial charge in [0.25, 0.3) is 10.0 Å². The Labute approximate surface area is 130 Å². The molecule has 1 amide bonds. The Balaban J connectivity index is 2.33. The van der Waals surface area contributed by atoms with E-state index >= 15 is 0 Å². The van der Waals surface area contributed by atoms with E-state index in [0.29, 0.717) is 12.1 Å². The Morgan fingerprint density at radius 1 is 1.09 bits per heavy atom. The van der Waals surface area contributed by atoms with Crippen LogP contribution in [-0.2, 0) is 14.8 Å². The summed E-state index contributed by atoms with van der Waals surface area (Å²) in [6, 6.07) is 5.77. The van der Waals surface area contributed by atoms with Crippen LogP contribution in [-0.4, -0.2) is 19.4 Å².